The summed E-state index contributed by atoms with van der Waals surface area (Å²) in [7, 11) is 0. The molecular formula is C65H106O6. The quantitative estimate of drug-likeness (QED) is 0.0261. The number of unbranched alkanes of at least 4 members (excludes halogenated alkanes) is 20. The van der Waals surface area contributed by atoms with E-state index in [1.54, 1.807) is 0 Å². The molecule has 0 aliphatic heterocycles. The molecule has 402 valence electrons. The monoisotopic (exact) mass is 983 g/mol. The topological polar surface area (TPSA) is 78.9 Å². The average Bonchev–Trinajstić information content (AvgIpc) is 3.37. The Labute approximate surface area is 437 Å². The molecule has 0 bridgehead atoms. The summed E-state index contributed by atoms with van der Waals surface area (Å²) in [5.74, 6) is -1.02. The zero-order valence-electron chi connectivity index (χ0n) is 45.9. The smallest absolute Gasteiger partial charge is 0.306 e. The maximum Gasteiger partial charge on any atom is 0.306 e. The molecule has 6 nitrogen and oxygen atoms in total. The second-order valence-corrected chi connectivity index (χ2v) is 18.8. The van der Waals surface area contributed by atoms with Crippen molar-refractivity contribution in [3.05, 3.63) is 122 Å². The Morgan fingerprint density at radius 3 is 0.944 bits per heavy atom. The predicted molar refractivity (Wildman–Crippen MR) is 306 cm³/mol. The fourth-order valence-corrected chi connectivity index (χ4v) is 7.59. The lowest BCUT2D eigenvalue weighted by molar-refractivity contribution is -0.166. The van der Waals surface area contributed by atoms with Crippen molar-refractivity contribution in [2.45, 2.75) is 258 Å². The number of hydrogen-bond donors (Lipinski definition) is 0. The zero-order chi connectivity index (χ0) is 51.4. The molecule has 0 saturated carbocycles. The van der Waals surface area contributed by atoms with E-state index >= 15 is 0 Å². The van der Waals surface area contributed by atoms with Crippen molar-refractivity contribution in [1.29, 1.82) is 0 Å². The highest BCUT2D eigenvalue weighted by Gasteiger charge is 2.19. The Kier molecular flexibility index (Phi) is 54.9. The van der Waals surface area contributed by atoms with Crippen molar-refractivity contribution in [3.63, 3.8) is 0 Å². The van der Waals surface area contributed by atoms with Crippen LogP contribution in [-0.4, -0.2) is 37.2 Å². The largest absolute Gasteiger partial charge is 0.462 e. The highest BCUT2D eigenvalue weighted by atomic mass is 16.6. The third-order valence-corrected chi connectivity index (χ3v) is 11.9. The van der Waals surface area contributed by atoms with Gasteiger partial charge in [-0.25, -0.2) is 0 Å². The van der Waals surface area contributed by atoms with Crippen molar-refractivity contribution in [3.8, 4) is 0 Å². The van der Waals surface area contributed by atoms with Gasteiger partial charge in [0.2, 0.25) is 0 Å². The van der Waals surface area contributed by atoms with Gasteiger partial charge in [-0.15, -0.1) is 0 Å². The van der Waals surface area contributed by atoms with Crippen molar-refractivity contribution in [1.82, 2.24) is 0 Å². The minimum absolute atomic E-state index is 0.114. The SMILES string of the molecule is CC/C=C\C/C=C\C/C=C\CCCCCCCC(=O)OC[C@H](COC(=O)CC/C=C\C/C=C\C/C=C\C/C=C\C/C=C\CCCCC)OC(=O)CCCCCCCCCCC/C=C\C/C=C\CCCCC. The lowest BCUT2D eigenvalue weighted by atomic mass is 10.1. The minimum atomic E-state index is -0.822. The van der Waals surface area contributed by atoms with E-state index in [0.29, 0.717) is 19.3 Å². The van der Waals surface area contributed by atoms with Gasteiger partial charge < -0.3 is 14.2 Å². The summed E-state index contributed by atoms with van der Waals surface area (Å²) in [5.41, 5.74) is 0. The standard InChI is InChI=1S/C65H106O6/c1-4-7-10-13-16-19-22-25-28-30-32-34-37-40-43-46-49-52-55-58-64(67)70-61-62(60-69-63(66)57-54-51-48-45-42-39-36-27-24-21-18-15-12-9-6-3)71-65(68)59-56-53-50-47-44-41-38-35-33-31-29-26-23-20-17-14-11-8-5-2/h9,12,16-21,25-29,32,34,36,40,43,49,52,62H,4-8,10-11,13-15,22-24,30-31,33,35,37-39,41-42,44-48,50-51,53-61H2,1-3H3/b12-9-,19-16-,20-17-,21-18-,28-25-,29-26-,34-32-,36-27-,43-40-,52-49-/t62-/m1/s1. The predicted octanol–water partition coefficient (Wildman–Crippen LogP) is 19.6. The van der Waals surface area contributed by atoms with E-state index in [1.165, 1.54) is 96.3 Å². The van der Waals surface area contributed by atoms with Crippen molar-refractivity contribution in [2.24, 2.45) is 0 Å². The molecule has 0 N–H and O–H groups in total. The second-order valence-electron chi connectivity index (χ2n) is 18.8. The van der Waals surface area contributed by atoms with Crippen LogP contribution in [0.2, 0.25) is 0 Å². The zero-order valence-corrected chi connectivity index (χ0v) is 45.9. The van der Waals surface area contributed by atoms with E-state index in [4.69, 9.17) is 14.2 Å². The molecule has 0 saturated heterocycles. The van der Waals surface area contributed by atoms with E-state index in [9.17, 15) is 14.4 Å². The summed E-state index contributed by atoms with van der Waals surface area (Å²) >= 11 is 0. The van der Waals surface area contributed by atoms with Gasteiger partial charge in [-0.05, 0) is 122 Å². The number of allylic oxidation sites excluding steroid dienone is 20. The Morgan fingerprint density at radius 2 is 0.577 bits per heavy atom. The lowest BCUT2D eigenvalue weighted by Crippen LogP contribution is -2.30. The van der Waals surface area contributed by atoms with Crippen LogP contribution in [0.25, 0.3) is 0 Å². The maximum atomic E-state index is 12.9. The number of esters is 3. The van der Waals surface area contributed by atoms with E-state index in [1.807, 2.05) is 6.08 Å². The van der Waals surface area contributed by atoms with Gasteiger partial charge in [-0.3, -0.25) is 14.4 Å². The van der Waals surface area contributed by atoms with E-state index in [-0.39, 0.29) is 37.5 Å². The molecule has 0 spiro atoms. The molecule has 0 amide bonds. The molecule has 0 heterocycles. The first-order valence-electron chi connectivity index (χ1n) is 29.0. The van der Waals surface area contributed by atoms with Crippen molar-refractivity contribution >= 4 is 17.9 Å². The summed E-state index contributed by atoms with van der Waals surface area (Å²) in [6.07, 6.45) is 80.5. The maximum absolute atomic E-state index is 12.9. The molecule has 0 aliphatic carbocycles. The van der Waals surface area contributed by atoms with E-state index in [2.05, 4.69) is 136 Å². The lowest BCUT2D eigenvalue weighted by Gasteiger charge is -2.18. The van der Waals surface area contributed by atoms with Gasteiger partial charge in [0.15, 0.2) is 6.10 Å². The van der Waals surface area contributed by atoms with Gasteiger partial charge in [0.25, 0.3) is 0 Å². The number of carbonyl (C=O) groups is 3. The van der Waals surface area contributed by atoms with Crippen LogP contribution in [-0.2, 0) is 28.6 Å². The van der Waals surface area contributed by atoms with Crippen LogP contribution in [0.1, 0.15) is 252 Å². The molecule has 0 unspecified atom stereocenters. The van der Waals surface area contributed by atoms with Crippen LogP contribution < -0.4 is 0 Å². The molecule has 0 radical (unpaired) electrons. The molecule has 0 aromatic carbocycles. The van der Waals surface area contributed by atoms with Crippen LogP contribution in [0.4, 0.5) is 0 Å². The Balaban J connectivity index is 4.53. The fraction of sp³-hybridized carbons (Fsp3) is 0.646. The summed E-state index contributed by atoms with van der Waals surface area (Å²) in [6.45, 7) is 6.39. The Morgan fingerprint density at radius 1 is 0.296 bits per heavy atom. The van der Waals surface area contributed by atoms with Gasteiger partial charge in [0.1, 0.15) is 13.2 Å². The average molecular weight is 984 g/mol. The summed E-state index contributed by atoms with van der Waals surface area (Å²) < 4.78 is 16.8. The Bertz CT molecular complexity index is 1500. The number of ether oxygens (including phenoxy) is 3. The fourth-order valence-electron chi connectivity index (χ4n) is 7.59. The number of rotatable bonds is 51. The first-order valence-corrected chi connectivity index (χ1v) is 29.0. The normalized spacial score (nSPS) is 13.0. The van der Waals surface area contributed by atoms with E-state index < -0.39 is 6.10 Å². The highest BCUT2D eigenvalue weighted by molar-refractivity contribution is 5.71. The summed E-state index contributed by atoms with van der Waals surface area (Å²) in [5, 5.41) is 0. The summed E-state index contributed by atoms with van der Waals surface area (Å²) in [6, 6.07) is 0. The third kappa shape index (κ3) is 56.6. The van der Waals surface area contributed by atoms with Gasteiger partial charge in [-0.1, -0.05) is 232 Å². The molecule has 71 heavy (non-hydrogen) atoms. The van der Waals surface area contributed by atoms with Gasteiger partial charge in [0.05, 0.1) is 0 Å². The molecule has 0 rings (SSSR count). The number of hydrogen-bond acceptors (Lipinski definition) is 6. The second kappa shape index (κ2) is 58.4. The van der Waals surface area contributed by atoms with Crippen LogP contribution in [0.15, 0.2) is 122 Å². The first-order chi connectivity index (χ1) is 35.0. The van der Waals surface area contributed by atoms with Gasteiger partial charge in [-0.2, -0.15) is 0 Å². The molecule has 0 aliphatic rings. The molecule has 0 aromatic rings. The first kappa shape index (κ1) is 66.8. The molecule has 0 fully saturated rings. The molecular weight excluding hydrogens is 877 g/mol. The van der Waals surface area contributed by atoms with E-state index in [0.717, 1.165) is 109 Å². The molecule has 6 heteroatoms. The molecule has 0 aromatic heterocycles. The van der Waals surface area contributed by atoms with Crippen molar-refractivity contribution in [2.75, 3.05) is 13.2 Å². The van der Waals surface area contributed by atoms with Crippen LogP contribution >= 0.6 is 0 Å². The van der Waals surface area contributed by atoms with Gasteiger partial charge >= 0.3 is 17.9 Å². The van der Waals surface area contributed by atoms with Crippen LogP contribution in [0, 0.1) is 0 Å². The Hall–Kier alpha value is -4.19. The number of carbonyl (C=O) groups excluding carboxylic acids is 3. The minimum Gasteiger partial charge on any atom is -0.462 e. The third-order valence-electron chi connectivity index (χ3n) is 11.9. The van der Waals surface area contributed by atoms with Crippen LogP contribution in [0.5, 0.6) is 0 Å². The van der Waals surface area contributed by atoms with Gasteiger partial charge in [0, 0.05) is 19.3 Å². The molecule has 1 atom stereocenters. The van der Waals surface area contributed by atoms with Crippen LogP contribution in [0.3, 0.4) is 0 Å². The van der Waals surface area contributed by atoms with Crippen molar-refractivity contribution < 1.29 is 28.6 Å². The summed E-state index contributed by atoms with van der Waals surface area (Å²) in [4.78, 5) is 38.2. The highest BCUT2D eigenvalue weighted by Crippen LogP contribution is 2.14.